The number of aryl methyl sites for hydroxylation is 2. The predicted octanol–water partition coefficient (Wildman–Crippen LogP) is 3.02. The zero-order valence-corrected chi connectivity index (χ0v) is 17.3. The molecule has 0 aliphatic carbocycles. The molecular weight excluding hydrogens is 376 g/mol. The summed E-state index contributed by atoms with van der Waals surface area (Å²) >= 11 is 0. The molecule has 0 radical (unpaired) electrons. The lowest BCUT2D eigenvalue weighted by molar-refractivity contribution is 0.617. The van der Waals surface area contributed by atoms with Crippen molar-refractivity contribution in [3.05, 3.63) is 65.7 Å². The van der Waals surface area contributed by atoms with Crippen LogP contribution in [0, 0.1) is 0 Å². The molecule has 154 valence electrons. The van der Waals surface area contributed by atoms with E-state index >= 15 is 0 Å². The van der Waals surface area contributed by atoms with E-state index in [2.05, 4.69) is 62.9 Å². The van der Waals surface area contributed by atoms with Crippen LogP contribution in [0.15, 0.2) is 48.5 Å². The Balaban J connectivity index is 1.54. The summed E-state index contributed by atoms with van der Waals surface area (Å²) in [6, 6.07) is 16.8. The molecule has 8 heteroatoms. The van der Waals surface area contributed by atoms with Crippen LogP contribution in [-0.4, -0.2) is 41.4 Å². The molecule has 0 fully saturated rings. The number of benzene rings is 2. The van der Waals surface area contributed by atoms with Crippen molar-refractivity contribution in [1.29, 1.82) is 0 Å². The Bertz CT molecular complexity index is 1080. The van der Waals surface area contributed by atoms with Gasteiger partial charge in [-0.05, 0) is 40.5 Å². The molecule has 0 saturated carbocycles. The van der Waals surface area contributed by atoms with Gasteiger partial charge in [0.2, 0.25) is 0 Å². The van der Waals surface area contributed by atoms with Gasteiger partial charge in [-0.25, -0.2) is 14.8 Å². The average molecular weight is 403 g/mol. The number of tetrazole rings is 1. The standard InChI is InChI=1S/C22H26N8/c1-3-21-24-20(13-8-15(2)23)27-30(21)14-16-9-11-17(12-10-16)18-6-4-5-7-19(18)22-25-28-29-26-22/h4-7,9-12,15H,3,8,13-14,23H2,1-2H3,(H,25,26,28,29). The fraction of sp³-hybridized carbons (Fsp3) is 0.318. The van der Waals surface area contributed by atoms with Crippen LogP contribution in [0.3, 0.4) is 0 Å². The Morgan fingerprint density at radius 3 is 2.50 bits per heavy atom. The highest BCUT2D eigenvalue weighted by atomic mass is 15.5. The van der Waals surface area contributed by atoms with E-state index in [1.54, 1.807) is 0 Å². The van der Waals surface area contributed by atoms with Gasteiger partial charge in [-0.15, -0.1) is 5.10 Å². The zero-order chi connectivity index (χ0) is 20.9. The molecule has 0 aliphatic heterocycles. The van der Waals surface area contributed by atoms with Crippen molar-refractivity contribution in [2.75, 3.05) is 0 Å². The number of H-pyrrole nitrogens is 1. The van der Waals surface area contributed by atoms with Crippen LogP contribution in [0.5, 0.6) is 0 Å². The van der Waals surface area contributed by atoms with Crippen molar-refractivity contribution in [2.45, 2.75) is 45.7 Å². The monoisotopic (exact) mass is 402 g/mol. The Morgan fingerprint density at radius 1 is 1.07 bits per heavy atom. The third-order valence-electron chi connectivity index (χ3n) is 5.06. The lowest BCUT2D eigenvalue weighted by Crippen LogP contribution is -2.15. The van der Waals surface area contributed by atoms with Crippen LogP contribution < -0.4 is 5.73 Å². The second kappa shape index (κ2) is 8.96. The number of hydrogen-bond donors (Lipinski definition) is 2. The van der Waals surface area contributed by atoms with Gasteiger partial charge in [0.15, 0.2) is 11.6 Å². The quantitative estimate of drug-likeness (QED) is 0.469. The van der Waals surface area contributed by atoms with Crippen molar-refractivity contribution in [1.82, 2.24) is 35.4 Å². The highest BCUT2D eigenvalue weighted by Crippen LogP contribution is 2.29. The molecule has 0 bridgehead atoms. The third-order valence-corrected chi connectivity index (χ3v) is 5.06. The largest absolute Gasteiger partial charge is 0.328 e. The van der Waals surface area contributed by atoms with Crippen molar-refractivity contribution in [3.63, 3.8) is 0 Å². The maximum absolute atomic E-state index is 5.87. The molecular formula is C22H26N8. The second-order valence-electron chi connectivity index (χ2n) is 7.46. The van der Waals surface area contributed by atoms with Crippen LogP contribution in [0.2, 0.25) is 0 Å². The normalized spacial score (nSPS) is 12.2. The van der Waals surface area contributed by atoms with E-state index in [-0.39, 0.29) is 6.04 Å². The molecule has 0 spiro atoms. The fourth-order valence-corrected chi connectivity index (χ4v) is 3.45. The van der Waals surface area contributed by atoms with E-state index in [4.69, 9.17) is 10.8 Å². The van der Waals surface area contributed by atoms with Crippen LogP contribution in [0.4, 0.5) is 0 Å². The highest BCUT2D eigenvalue weighted by Gasteiger charge is 2.12. The predicted molar refractivity (Wildman–Crippen MR) is 116 cm³/mol. The minimum absolute atomic E-state index is 0.158. The molecule has 0 saturated heterocycles. The van der Waals surface area contributed by atoms with Crippen molar-refractivity contribution in [2.24, 2.45) is 5.73 Å². The van der Waals surface area contributed by atoms with Gasteiger partial charge in [-0.2, -0.15) is 5.10 Å². The maximum Gasteiger partial charge on any atom is 0.180 e. The Kier molecular flexibility index (Phi) is 5.94. The minimum atomic E-state index is 0.158. The van der Waals surface area contributed by atoms with Crippen LogP contribution in [-0.2, 0) is 19.4 Å². The first-order chi connectivity index (χ1) is 14.6. The van der Waals surface area contributed by atoms with Crippen LogP contribution >= 0.6 is 0 Å². The lowest BCUT2D eigenvalue weighted by atomic mass is 9.98. The average Bonchev–Trinajstić information content (AvgIpc) is 3.43. The van der Waals surface area contributed by atoms with Crippen LogP contribution in [0.25, 0.3) is 22.5 Å². The number of rotatable bonds is 8. The number of nitrogens with zero attached hydrogens (tertiary/aromatic N) is 6. The molecule has 4 aromatic rings. The minimum Gasteiger partial charge on any atom is -0.328 e. The van der Waals surface area contributed by atoms with E-state index in [9.17, 15) is 0 Å². The molecule has 2 aromatic heterocycles. The lowest BCUT2D eigenvalue weighted by Gasteiger charge is -2.09. The van der Waals surface area contributed by atoms with Gasteiger partial charge in [-0.1, -0.05) is 55.5 Å². The summed E-state index contributed by atoms with van der Waals surface area (Å²) in [6.07, 6.45) is 2.55. The molecule has 1 atom stereocenters. The summed E-state index contributed by atoms with van der Waals surface area (Å²) in [5.41, 5.74) is 10.2. The molecule has 3 N–H and O–H groups in total. The van der Waals surface area contributed by atoms with Gasteiger partial charge in [0, 0.05) is 24.4 Å². The van der Waals surface area contributed by atoms with Gasteiger partial charge in [-0.3, -0.25) is 0 Å². The van der Waals surface area contributed by atoms with E-state index in [0.29, 0.717) is 12.4 Å². The van der Waals surface area contributed by atoms with E-state index in [0.717, 1.165) is 47.6 Å². The molecule has 2 heterocycles. The molecule has 4 rings (SSSR count). The molecule has 0 amide bonds. The maximum atomic E-state index is 5.87. The topological polar surface area (TPSA) is 111 Å². The summed E-state index contributed by atoms with van der Waals surface area (Å²) < 4.78 is 2.00. The molecule has 0 aliphatic rings. The number of hydrogen-bond acceptors (Lipinski definition) is 6. The van der Waals surface area contributed by atoms with Gasteiger partial charge >= 0.3 is 0 Å². The summed E-state index contributed by atoms with van der Waals surface area (Å²) in [7, 11) is 0. The van der Waals surface area contributed by atoms with Crippen molar-refractivity contribution < 1.29 is 0 Å². The smallest absolute Gasteiger partial charge is 0.180 e. The molecule has 1 unspecified atom stereocenters. The molecule has 8 nitrogen and oxygen atoms in total. The van der Waals surface area contributed by atoms with Crippen LogP contribution in [0.1, 0.15) is 37.5 Å². The third kappa shape index (κ3) is 4.44. The number of aromatic amines is 1. The molecule has 2 aromatic carbocycles. The first-order valence-corrected chi connectivity index (χ1v) is 10.2. The van der Waals surface area contributed by atoms with Gasteiger partial charge in [0.05, 0.1) is 6.54 Å². The Labute approximate surface area is 175 Å². The van der Waals surface area contributed by atoms with Gasteiger partial charge in [0.25, 0.3) is 0 Å². The second-order valence-corrected chi connectivity index (χ2v) is 7.46. The summed E-state index contributed by atoms with van der Waals surface area (Å²) in [6.45, 7) is 4.81. The number of aromatic nitrogens is 7. The van der Waals surface area contributed by atoms with Crippen molar-refractivity contribution >= 4 is 0 Å². The summed E-state index contributed by atoms with van der Waals surface area (Å²) in [5, 5.41) is 19.0. The number of nitrogens with two attached hydrogens (primary N) is 1. The SMILES string of the molecule is CCc1nc(CCC(C)N)nn1Cc1ccc(-c2ccccc2-c2nnn[nH]2)cc1. The fourth-order valence-electron chi connectivity index (χ4n) is 3.45. The summed E-state index contributed by atoms with van der Waals surface area (Å²) in [4.78, 5) is 4.68. The highest BCUT2D eigenvalue weighted by molar-refractivity contribution is 5.80. The van der Waals surface area contributed by atoms with E-state index < -0.39 is 0 Å². The summed E-state index contributed by atoms with van der Waals surface area (Å²) in [5.74, 6) is 2.53. The zero-order valence-electron chi connectivity index (χ0n) is 17.3. The molecule has 30 heavy (non-hydrogen) atoms. The van der Waals surface area contributed by atoms with E-state index in [1.165, 1.54) is 5.56 Å². The first kappa shape index (κ1) is 19.9. The van der Waals surface area contributed by atoms with Gasteiger partial charge in [0.1, 0.15) is 5.82 Å². The first-order valence-electron chi connectivity index (χ1n) is 10.2. The van der Waals surface area contributed by atoms with E-state index in [1.807, 2.05) is 29.8 Å². The Morgan fingerprint density at radius 2 is 1.83 bits per heavy atom. The van der Waals surface area contributed by atoms with Crippen molar-refractivity contribution in [3.8, 4) is 22.5 Å². The number of nitrogens with one attached hydrogen (secondary N) is 1. The Hall–Kier alpha value is -3.39. The van der Waals surface area contributed by atoms with Gasteiger partial charge < -0.3 is 5.73 Å².